The molecule has 122 valence electrons. The standard InChI is InChI=1S/C15H19F3N2O2/c1-9(2)8-20(10(3)21)7-6-13(22)19-12-5-4-11(16)14(17)15(12)18/h4-5,9H,6-8H2,1-3H3,(H,19,22). The number of anilines is 1. The number of halogens is 3. The van der Waals surface area contributed by atoms with E-state index in [0.29, 0.717) is 6.54 Å². The Morgan fingerprint density at radius 1 is 1.18 bits per heavy atom. The molecule has 0 saturated heterocycles. The van der Waals surface area contributed by atoms with Gasteiger partial charge in [0, 0.05) is 26.4 Å². The molecule has 0 radical (unpaired) electrons. The number of carbonyl (C=O) groups is 2. The van der Waals surface area contributed by atoms with E-state index < -0.39 is 29.0 Å². The van der Waals surface area contributed by atoms with Crippen LogP contribution in [0.2, 0.25) is 0 Å². The molecule has 0 aliphatic heterocycles. The summed E-state index contributed by atoms with van der Waals surface area (Å²) in [5, 5.41) is 2.17. The number of benzene rings is 1. The van der Waals surface area contributed by atoms with E-state index in [9.17, 15) is 22.8 Å². The number of carbonyl (C=O) groups excluding carboxylic acids is 2. The highest BCUT2D eigenvalue weighted by Gasteiger charge is 2.16. The second-order valence-electron chi connectivity index (χ2n) is 5.38. The van der Waals surface area contributed by atoms with Gasteiger partial charge in [-0.2, -0.15) is 0 Å². The zero-order valence-corrected chi connectivity index (χ0v) is 12.8. The molecular formula is C15H19F3N2O2. The Bertz CT molecular complexity index is 562. The molecule has 1 N–H and O–H groups in total. The zero-order valence-electron chi connectivity index (χ0n) is 12.8. The molecule has 1 aromatic rings. The predicted molar refractivity (Wildman–Crippen MR) is 76.7 cm³/mol. The second-order valence-corrected chi connectivity index (χ2v) is 5.38. The van der Waals surface area contributed by atoms with Crippen LogP contribution in [0.1, 0.15) is 27.2 Å². The van der Waals surface area contributed by atoms with Crippen LogP contribution >= 0.6 is 0 Å². The lowest BCUT2D eigenvalue weighted by atomic mass is 10.2. The van der Waals surface area contributed by atoms with E-state index in [2.05, 4.69) is 5.32 Å². The van der Waals surface area contributed by atoms with Gasteiger partial charge >= 0.3 is 0 Å². The monoisotopic (exact) mass is 316 g/mol. The Morgan fingerprint density at radius 3 is 2.36 bits per heavy atom. The number of amides is 2. The number of hydrogen-bond donors (Lipinski definition) is 1. The summed E-state index contributed by atoms with van der Waals surface area (Å²) >= 11 is 0. The lowest BCUT2D eigenvalue weighted by Crippen LogP contribution is -2.34. The maximum Gasteiger partial charge on any atom is 0.226 e. The average Bonchev–Trinajstić information content (AvgIpc) is 2.43. The van der Waals surface area contributed by atoms with Crippen molar-refractivity contribution in [3.05, 3.63) is 29.6 Å². The summed E-state index contributed by atoms with van der Waals surface area (Å²) in [6, 6.07) is 1.68. The Hall–Kier alpha value is -2.05. The fourth-order valence-electron chi connectivity index (χ4n) is 1.89. The molecule has 22 heavy (non-hydrogen) atoms. The fraction of sp³-hybridized carbons (Fsp3) is 0.467. The molecule has 0 aromatic heterocycles. The summed E-state index contributed by atoms with van der Waals surface area (Å²) in [6.07, 6.45) is -0.0647. The molecule has 0 heterocycles. The van der Waals surface area contributed by atoms with Crippen LogP contribution in [0.5, 0.6) is 0 Å². The maximum absolute atomic E-state index is 13.4. The molecule has 0 unspecified atom stereocenters. The normalized spacial score (nSPS) is 10.7. The van der Waals surface area contributed by atoms with E-state index in [4.69, 9.17) is 0 Å². The van der Waals surface area contributed by atoms with Crippen molar-refractivity contribution < 1.29 is 22.8 Å². The van der Waals surface area contributed by atoms with E-state index in [0.717, 1.165) is 12.1 Å². The summed E-state index contributed by atoms with van der Waals surface area (Å²) in [4.78, 5) is 24.7. The Labute approximate surface area is 127 Å². The molecule has 0 saturated carbocycles. The third kappa shape index (κ3) is 5.05. The summed E-state index contributed by atoms with van der Waals surface area (Å²) < 4.78 is 39.3. The summed E-state index contributed by atoms with van der Waals surface area (Å²) in [6.45, 7) is 5.95. The smallest absolute Gasteiger partial charge is 0.226 e. The number of nitrogens with one attached hydrogen (secondary N) is 1. The topological polar surface area (TPSA) is 49.4 Å². The minimum absolute atomic E-state index is 0.0647. The van der Waals surface area contributed by atoms with Crippen LogP contribution in [0.4, 0.5) is 18.9 Å². The van der Waals surface area contributed by atoms with Gasteiger partial charge < -0.3 is 10.2 Å². The van der Waals surface area contributed by atoms with E-state index in [1.807, 2.05) is 13.8 Å². The van der Waals surface area contributed by atoms with Gasteiger partial charge in [0.1, 0.15) is 0 Å². The molecule has 2 amide bonds. The van der Waals surface area contributed by atoms with Crippen LogP contribution in [0, 0.1) is 23.4 Å². The van der Waals surface area contributed by atoms with Crippen molar-refractivity contribution >= 4 is 17.5 Å². The van der Waals surface area contributed by atoms with Gasteiger partial charge in [0.2, 0.25) is 11.8 Å². The third-order valence-corrected chi connectivity index (χ3v) is 2.95. The van der Waals surface area contributed by atoms with E-state index in [1.165, 1.54) is 11.8 Å². The molecule has 0 bridgehead atoms. The molecule has 0 aliphatic carbocycles. The Balaban J connectivity index is 2.63. The van der Waals surface area contributed by atoms with Crippen molar-refractivity contribution in [1.29, 1.82) is 0 Å². The Kier molecular flexibility index (Phi) is 6.39. The molecule has 0 fully saturated rings. The van der Waals surface area contributed by atoms with Gasteiger partial charge in [0.05, 0.1) is 5.69 Å². The molecule has 0 atom stereocenters. The van der Waals surface area contributed by atoms with Crippen LogP contribution < -0.4 is 5.32 Å². The number of rotatable bonds is 6. The summed E-state index contributed by atoms with van der Waals surface area (Å²) in [5.74, 6) is -4.91. The lowest BCUT2D eigenvalue weighted by molar-refractivity contribution is -0.129. The first-order valence-corrected chi connectivity index (χ1v) is 6.91. The highest BCUT2D eigenvalue weighted by molar-refractivity contribution is 5.91. The van der Waals surface area contributed by atoms with Crippen molar-refractivity contribution in [1.82, 2.24) is 4.90 Å². The number of hydrogen-bond acceptors (Lipinski definition) is 2. The van der Waals surface area contributed by atoms with Gasteiger partial charge in [-0.1, -0.05) is 13.8 Å². The molecular weight excluding hydrogens is 297 g/mol. The maximum atomic E-state index is 13.4. The van der Waals surface area contributed by atoms with Crippen LogP contribution in [0.3, 0.4) is 0 Å². The van der Waals surface area contributed by atoms with Crippen LogP contribution in [0.15, 0.2) is 12.1 Å². The molecule has 7 heteroatoms. The number of nitrogens with zero attached hydrogens (tertiary/aromatic N) is 1. The van der Waals surface area contributed by atoms with Crippen LogP contribution in [0.25, 0.3) is 0 Å². The third-order valence-electron chi connectivity index (χ3n) is 2.95. The highest BCUT2D eigenvalue weighted by Crippen LogP contribution is 2.19. The fourth-order valence-corrected chi connectivity index (χ4v) is 1.89. The van der Waals surface area contributed by atoms with Crippen molar-refractivity contribution in [3.8, 4) is 0 Å². The van der Waals surface area contributed by atoms with Crippen molar-refractivity contribution in [2.75, 3.05) is 18.4 Å². The van der Waals surface area contributed by atoms with Gasteiger partial charge in [0.15, 0.2) is 17.5 Å². The first-order valence-electron chi connectivity index (χ1n) is 6.91. The lowest BCUT2D eigenvalue weighted by Gasteiger charge is -2.22. The van der Waals surface area contributed by atoms with Gasteiger partial charge in [0.25, 0.3) is 0 Å². The molecule has 1 aromatic carbocycles. The average molecular weight is 316 g/mol. The predicted octanol–water partition coefficient (Wildman–Crippen LogP) is 2.94. The van der Waals surface area contributed by atoms with Gasteiger partial charge in [-0.05, 0) is 18.1 Å². The van der Waals surface area contributed by atoms with Crippen molar-refractivity contribution in [2.45, 2.75) is 27.2 Å². The summed E-state index contributed by atoms with van der Waals surface area (Å²) in [7, 11) is 0. The van der Waals surface area contributed by atoms with E-state index in [1.54, 1.807) is 0 Å². The van der Waals surface area contributed by atoms with Gasteiger partial charge in [-0.25, -0.2) is 13.2 Å². The SMILES string of the molecule is CC(=O)N(CCC(=O)Nc1ccc(F)c(F)c1F)CC(C)C. The molecule has 0 spiro atoms. The van der Waals surface area contributed by atoms with Crippen LogP contribution in [-0.4, -0.2) is 29.8 Å². The van der Waals surface area contributed by atoms with Crippen molar-refractivity contribution in [2.24, 2.45) is 5.92 Å². The zero-order chi connectivity index (χ0) is 16.9. The molecule has 1 rings (SSSR count). The van der Waals surface area contributed by atoms with E-state index >= 15 is 0 Å². The molecule has 0 aliphatic rings. The Morgan fingerprint density at radius 2 is 1.82 bits per heavy atom. The molecule has 4 nitrogen and oxygen atoms in total. The van der Waals surface area contributed by atoms with Crippen LogP contribution in [-0.2, 0) is 9.59 Å². The first kappa shape index (κ1) is 18.0. The quantitative estimate of drug-likeness (QED) is 0.820. The van der Waals surface area contributed by atoms with Gasteiger partial charge in [-0.3, -0.25) is 9.59 Å². The van der Waals surface area contributed by atoms with Gasteiger partial charge in [-0.15, -0.1) is 0 Å². The largest absolute Gasteiger partial charge is 0.342 e. The van der Waals surface area contributed by atoms with Crippen molar-refractivity contribution in [3.63, 3.8) is 0 Å². The van der Waals surface area contributed by atoms with E-state index in [-0.39, 0.29) is 24.8 Å². The highest BCUT2D eigenvalue weighted by atomic mass is 19.2. The first-order chi connectivity index (χ1) is 10.2. The minimum Gasteiger partial charge on any atom is -0.342 e. The summed E-state index contributed by atoms with van der Waals surface area (Å²) in [5.41, 5.74) is -0.429. The minimum atomic E-state index is -1.64. The second kappa shape index (κ2) is 7.82.